The summed E-state index contributed by atoms with van der Waals surface area (Å²) in [7, 11) is 0. The van der Waals surface area contributed by atoms with Gasteiger partial charge in [-0.05, 0) is 30.5 Å². The van der Waals surface area contributed by atoms with Crippen LogP contribution < -0.4 is 10.6 Å². The van der Waals surface area contributed by atoms with Gasteiger partial charge in [0.15, 0.2) is 0 Å². The Balaban J connectivity index is 2.57. The Morgan fingerprint density at radius 2 is 2.20 bits per heavy atom. The summed E-state index contributed by atoms with van der Waals surface area (Å²) in [5.74, 6) is -0.216. The van der Waals surface area contributed by atoms with E-state index in [2.05, 4.69) is 16.7 Å². The molecule has 1 aromatic carbocycles. The Morgan fingerprint density at radius 3 is 2.75 bits per heavy atom. The first kappa shape index (κ1) is 16.0. The normalized spacial score (nSPS) is 13.4. The highest BCUT2D eigenvalue weighted by molar-refractivity contribution is 5.81. The van der Waals surface area contributed by atoms with E-state index in [9.17, 15) is 4.79 Å². The fraction of sp³-hybridized carbons (Fsp3) is 0.467. The van der Waals surface area contributed by atoms with Crippen molar-refractivity contribution >= 4 is 11.6 Å². The average Bonchev–Trinajstić information content (AvgIpc) is 2.45. The van der Waals surface area contributed by atoms with Crippen LogP contribution in [0.25, 0.3) is 0 Å². The molecule has 0 aliphatic heterocycles. The minimum absolute atomic E-state index is 0.0224. The van der Waals surface area contributed by atoms with Crippen molar-refractivity contribution in [2.75, 3.05) is 11.9 Å². The molecular weight excluding hydrogens is 254 g/mol. The van der Waals surface area contributed by atoms with Crippen LogP contribution in [-0.4, -0.2) is 23.1 Å². The number of nitrogens with one attached hydrogen (secondary N) is 2. The van der Waals surface area contributed by atoms with E-state index in [4.69, 9.17) is 10.4 Å². The molecule has 5 nitrogen and oxygen atoms in total. The zero-order valence-electron chi connectivity index (χ0n) is 12.1. The molecule has 20 heavy (non-hydrogen) atoms. The van der Waals surface area contributed by atoms with E-state index < -0.39 is 5.54 Å². The monoisotopic (exact) mass is 275 g/mol. The number of anilines is 1. The molecule has 3 N–H and O–H groups in total. The molecule has 0 aliphatic carbocycles. The molecule has 108 valence electrons. The molecule has 0 unspecified atom stereocenters. The number of nitriles is 1. The minimum Gasteiger partial charge on any atom is -0.392 e. The first-order valence-corrected chi connectivity index (χ1v) is 6.57. The van der Waals surface area contributed by atoms with Gasteiger partial charge in [0.2, 0.25) is 5.91 Å². The van der Waals surface area contributed by atoms with Gasteiger partial charge in [0.1, 0.15) is 5.54 Å². The van der Waals surface area contributed by atoms with E-state index in [1.165, 1.54) is 0 Å². The van der Waals surface area contributed by atoms with Crippen LogP contribution in [0, 0.1) is 17.2 Å². The number of aliphatic hydroxyl groups is 1. The number of amides is 1. The van der Waals surface area contributed by atoms with Crippen LogP contribution in [0.15, 0.2) is 24.3 Å². The Kier molecular flexibility index (Phi) is 5.53. The van der Waals surface area contributed by atoms with Crippen molar-refractivity contribution in [2.24, 2.45) is 5.92 Å². The predicted molar refractivity (Wildman–Crippen MR) is 77.9 cm³/mol. The molecule has 1 aromatic rings. The quantitative estimate of drug-likeness (QED) is 0.737. The Morgan fingerprint density at radius 1 is 1.50 bits per heavy atom. The van der Waals surface area contributed by atoms with E-state index in [0.29, 0.717) is 0 Å². The molecule has 0 radical (unpaired) electrons. The predicted octanol–water partition coefficient (Wildman–Crippen LogP) is 1.65. The van der Waals surface area contributed by atoms with Gasteiger partial charge in [-0.15, -0.1) is 0 Å². The number of hydrogen-bond acceptors (Lipinski definition) is 4. The molecule has 1 rings (SSSR count). The summed E-state index contributed by atoms with van der Waals surface area (Å²) in [4.78, 5) is 11.9. The van der Waals surface area contributed by atoms with Crippen LogP contribution in [0.1, 0.15) is 26.3 Å². The molecular formula is C15H21N3O2. The second-order valence-electron chi connectivity index (χ2n) is 5.23. The standard InChI is InChI=1S/C15H21N3O2/c1-11(2)15(3,10-16)18-14(20)8-17-13-6-4-5-12(7-13)9-19/h4-7,11,17,19H,8-9H2,1-3H3,(H,18,20)/t15-/m0/s1. The summed E-state index contributed by atoms with van der Waals surface area (Å²) in [6.45, 7) is 5.53. The van der Waals surface area contributed by atoms with Gasteiger partial charge in [-0.3, -0.25) is 4.79 Å². The maximum Gasteiger partial charge on any atom is 0.240 e. The number of aliphatic hydroxyl groups excluding tert-OH is 1. The maximum atomic E-state index is 11.9. The van der Waals surface area contributed by atoms with Gasteiger partial charge in [-0.25, -0.2) is 0 Å². The molecule has 0 heterocycles. The lowest BCUT2D eigenvalue weighted by Gasteiger charge is -2.27. The largest absolute Gasteiger partial charge is 0.392 e. The zero-order chi connectivity index (χ0) is 15.2. The second kappa shape index (κ2) is 6.92. The molecule has 0 saturated carbocycles. The molecule has 0 aromatic heterocycles. The third-order valence-electron chi connectivity index (χ3n) is 3.35. The van der Waals surface area contributed by atoms with Crippen molar-refractivity contribution in [3.63, 3.8) is 0 Å². The lowest BCUT2D eigenvalue weighted by molar-refractivity contribution is -0.121. The first-order valence-electron chi connectivity index (χ1n) is 6.57. The number of rotatable bonds is 6. The third-order valence-corrected chi connectivity index (χ3v) is 3.35. The third kappa shape index (κ3) is 4.25. The van der Waals surface area contributed by atoms with Crippen LogP contribution in [-0.2, 0) is 11.4 Å². The lowest BCUT2D eigenvalue weighted by Crippen LogP contribution is -2.50. The Hall–Kier alpha value is -2.06. The highest BCUT2D eigenvalue weighted by Crippen LogP contribution is 2.15. The molecule has 0 aliphatic rings. The molecule has 1 atom stereocenters. The summed E-state index contributed by atoms with van der Waals surface area (Å²) in [5, 5.41) is 23.9. The molecule has 0 fully saturated rings. The lowest BCUT2D eigenvalue weighted by atomic mass is 9.90. The average molecular weight is 275 g/mol. The Bertz CT molecular complexity index is 508. The van der Waals surface area contributed by atoms with E-state index >= 15 is 0 Å². The fourth-order valence-electron chi connectivity index (χ4n) is 1.60. The van der Waals surface area contributed by atoms with Gasteiger partial charge < -0.3 is 15.7 Å². The highest BCUT2D eigenvalue weighted by atomic mass is 16.3. The first-order chi connectivity index (χ1) is 9.41. The number of hydrogen-bond donors (Lipinski definition) is 3. The Labute approximate surface area is 119 Å². The number of benzene rings is 1. The minimum atomic E-state index is -0.869. The summed E-state index contributed by atoms with van der Waals surface area (Å²) in [6, 6.07) is 9.33. The van der Waals surface area contributed by atoms with Crippen LogP contribution in [0.5, 0.6) is 0 Å². The van der Waals surface area contributed by atoms with Gasteiger partial charge in [-0.2, -0.15) is 5.26 Å². The van der Waals surface area contributed by atoms with E-state index in [1.54, 1.807) is 25.1 Å². The summed E-state index contributed by atoms with van der Waals surface area (Å²) in [5.41, 5.74) is 0.667. The number of carbonyl (C=O) groups is 1. The van der Waals surface area contributed by atoms with Crippen molar-refractivity contribution in [3.05, 3.63) is 29.8 Å². The maximum absolute atomic E-state index is 11.9. The second-order valence-corrected chi connectivity index (χ2v) is 5.23. The fourth-order valence-corrected chi connectivity index (χ4v) is 1.60. The van der Waals surface area contributed by atoms with Crippen molar-refractivity contribution in [2.45, 2.75) is 32.9 Å². The van der Waals surface area contributed by atoms with Crippen LogP contribution in [0.3, 0.4) is 0 Å². The summed E-state index contributed by atoms with van der Waals surface area (Å²) >= 11 is 0. The molecule has 0 bridgehead atoms. The van der Waals surface area contributed by atoms with E-state index in [0.717, 1.165) is 11.3 Å². The van der Waals surface area contributed by atoms with E-state index in [-0.39, 0.29) is 25.0 Å². The number of nitrogens with zero attached hydrogens (tertiary/aromatic N) is 1. The van der Waals surface area contributed by atoms with Crippen LogP contribution >= 0.6 is 0 Å². The van der Waals surface area contributed by atoms with Crippen LogP contribution in [0.2, 0.25) is 0 Å². The van der Waals surface area contributed by atoms with Crippen LogP contribution in [0.4, 0.5) is 5.69 Å². The highest BCUT2D eigenvalue weighted by Gasteiger charge is 2.29. The molecule has 5 heteroatoms. The summed E-state index contributed by atoms with van der Waals surface area (Å²) < 4.78 is 0. The molecule has 0 spiro atoms. The SMILES string of the molecule is CC(C)[C@](C)(C#N)NC(=O)CNc1cccc(CO)c1. The number of carbonyl (C=O) groups excluding carboxylic acids is 1. The van der Waals surface area contributed by atoms with Crippen molar-refractivity contribution in [1.82, 2.24) is 5.32 Å². The van der Waals surface area contributed by atoms with E-state index in [1.807, 2.05) is 19.9 Å². The van der Waals surface area contributed by atoms with Crippen molar-refractivity contribution < 1.29 is 9.90 Å². The van der Waals surface area contributed by atoms with Gasteiger partial charge >= 0.3 is 0 Å². The smallest absolute Gasteiger partial charge is 0.240 e. The van der Waals surface area contributed by atoms with Gasteiger partial charge in [-0.1, -0.05) is 26.0 Å². The summed E-state index contributed by atoms with van der Waals surface area (Å²) in [6.07, 6.45) is 0. The van der Waals surface area contributed by atoms with Gasteiger partial charge in [0.05, 0.1) is 19.2 Å². The van der Waals surface area contributed by atoms with Crippen molar-refractivity contribution in [3.8, 4) is 6.07 Å². The molecule has 0 saturated heterocycles. The van der Waals surface area contributed by atoms with Crippen molar-refractivity contribution in [1.29, 1.82) is 5.26 Å². The van der Waals surface area contributed by atoms with Gasteiger partial charge in [0, 0.05) is 5.69 Å². The zero-order valence-corrected chi connectivity index (χ0v) is 12.1. The topological polar surface area (TPSA) is 85.2 Å². The molecule has 1 amide bonds. The van der Waals surface area contributed by atoms with Gasteiger partial charge in [0.25, 0.3) is 0 Å².